The number of benzene rings is 2. The molecule has 156 valence electrons. The lowest BCUT2D eigenvalue weighted by Gasteiger charge is -2.34. The van der Waals surface area contributed by atoms with Crippen LogP contribution in [0.3, 0.4) is 0 Å². The first kappa shape index (κ1) is 20.5. The van der Waals surface area contributed by atoms with Crippen LogP contribution in [0.4, 0.5) is 5.69 Å². The lowest BCUT2D eigenvalue weighted by atomic mass is 10.3. The van der Waals surface area contributed by atoms with E-state index in [-0.39, 0.29) is 5.91 Å². The van der Waals surface area contributed by atoms with Crippen molar-refractivity contribution >= 4 is 22.9 Å². The van der Waals surface area contributed by atoms with E-state index < -0.39 is 0 Å². The third-order valence-corrected chi connectivity index (χ3v) is 5.84. The maximum absolute atomic E-state index is 12.3. The number of hydrogen-bond donors (Lipinski definition) is 1. The molecule has 0 unspecified atom stereocenters. The van der Waals surface area contributed by atoms with Crippen LogP contribution in [0.5, 0.6) is 5.75 Å². The van der Waals surface area contributed by atoms with Crippen molar-refractivity contribution in [3.63, 3.8) is 0 Å². The summed E-state index contributed by atoms with van der Waals surface area (Å²) < 4.78 is 5.79. The third kappa shape index (κ3) is 5.85. The molecule has 7 nitrogen and oxygen atoms in total. The van der Waals surface area contributed by atoms with E-state index in [9.17, 15) is 4.79 Å². The molecule has 0 atom stereocenters. The average Bonchev–Trinajstić information content (AvgIpc) is 3.25. The van der Waals surface area contributed by atoms with Crippen LogP contribution in [0.2, 0.25) is 0 Å². The highest BCUT2D eigenvalue weighted by Crippen LogP contribution is 2.16. The maximum Gasteiger partial charge on any atom is 0.286 e. The van der Waals surface area contributed by atoms with Crippen LogP contribution in [-0.2, 0) is 6.54 Å². The van der Waals surface area contributed by atoms with Crippen molar-refractivity contribution in [3.8, 4) is 5.75 Å². The predicted octanol–water partition coefficient (Wildman–Crippen LogP) is 2.99. The predicted molar refractivity (Wildman–Crippen MR) is 118 cm³/mol. The minimum absolute atomic E-state index is 0.215. The molecule has 8 heteroatoms. The number of amides is 1. The molecule has 0 aliphatic carbocycles. The van der Waals surface area contributed by atoms with Gasteiger partial charge in [0.1, 0.15) is 17.4 Å². The molecule has 1 fully saturated rings. The molecule has 1 aliphatic rings. The molecule has 1 aromatic heterocycles. The van der Waals surface area contributed by atoms with Gasteiger partial charge in [-0.05, 0) is 24.3 Å². The SMILES string of the molecule is O=C(Nc1ccccc1)c1nnc(CN2CCN(CCOc3ccccc3)CC2)s1. The summed E-state index contributed by atoms with van der Waals surface area (Å²) in [5.41, 5.74) is 0.756. The smallest absolute Gasteiger partial charge is 0.286 e. The Morgan fingerprint density at radius 2 is 1.60 bits per heavy atom. The molecular weight excluding hydrogens is 398 g/mol. The standard InChI is InChI=1S/C22H25N5O2S/c28-21(23-18-7-3-1-4-8-18)22-25-24-20(30-22)17-27-13-11-26(12-14-27)15-16-29-19-9-5-2-6-10-19/h1-10H,11-17H2,(H,23,28). The number of piperazine rings is 1. The van der Waals surface area contributed by atoms with Crippen molar-refractivity contribution in [2.75, 3.05) is 44.6 Å². The number of nitrogens with one attached hydrogen (secondary N) is 1. The fourth-order valence-corrected chi connectivity index (χ4v) is 4.06. The number of nitrogens with zero attached hydrogens (tertiary/aromatic N) is 4. The number of rotatable bonds is 8. The van der Waals surface area contributed by atoms with E-state index >= 15 is 0 Å². The average molecular weight is 424 g/mol. The maximum atomic E-state index is 12.3. The highest BCUT2D eigenvalue weighted by atomic mass is 32.1. The summed E-state index contributed by atoms with van der Waals surface area (Å²) in [6, 6.07) is 19.3. The molecule has 0 spiro atoms. The Morgan fingerprint density at radius 3 is 2.33 bits per heavy atom. The van der Waals surface area contributed by atoms with Gasteiger partial charge < -0.3 is 10.1 Å². The van der Waals surface area contributed by atoms with Crippen LogP contribution in [0.25, 0.3) is 0 Å². The van der Waals surface area contributed by atoms with Gasteiger partial charge in [0.05, 0.1) is 6.54 Å². The fraction of sp³-hybridized carbons (Fsp3) is 0.318. The molecule has 30 heavy (non-hydrogen) atoms. The number of ether oxygens (including phenoxy) is 1. The summed E-state index contributed by atoms with van der Waals surface area (Å²) in [7, 11) is 0. The number of aromatic nitrogens is 2. The summed E-state index contributed by atoms with van der Waals surface area (Å²) in [6.07, 6.45) is 0. The number of carbonyl (C=O) groups is 1. The van der Waals surface area contributed by atoms with E-state index in [0.717, 1.165) is 55.7 Å². The number of hydrogen-bond acceptors (Lipinski definition) is 7. The van der Waals surface area contributed by atoms with Gasteiger partial charge >= 0.3 is 0 Å². The van der Waals surface area contributed by atoms with Crippen molar-refractivity contribution < 1.29 is 9.53 Å². The van der Waals surface area contributed by atoms with E-state index in [4.69, 9.17) is 4.74 Å². The molecular formula is C22H25N5O2S. The van der Waals surface area contributed by atoms with Gasteiger partial charge in [-0.2, -0.15) is 0 Å². The van der Waals surface area contributed by atoms with E-state index in [1.165, 1.54) is 11.3 Å². The first-order chi connectivity index (χ1) is 14.8. The van der Waals surface area contributed by atoms with Gasteiger partial charge in [-0.1, -0.05) is 47.7 Å². The molecule has 0 saturated carbocycles. The molecule has 1 amide bonds. The second-order valence-corrected chi connectivity index (χ2v) is 8.16. The van der Waals surface area contributed by atoms with E-state index in [0.29, 0.717) is 11.6 Å². The zero-order chi connectivity index (χ0) is 20.6. The molecule has 1 N–H and O–H groups in total. The van der Waals surface area contributed by atoms with Crippen LogP contribution in [0, 0.1) is 0 Å². The van der Waals surface area contributed by atoms with Gasteiger partial charge in [0, 0.05) is 38.4 Å². The largest absolute Gasteiger partial charge is 0.492 e. The number of anilines is 1. The lowest BCUT2D eigenvalue weighted by Crippen LogP contribution is -2.47. The second-order valence-electron chi connectivity index (χ2n) is 7.10. The normalized spacial score (nSPS) is 15.1. The van der Waals surface area contributed by atoms with Crippen LogP contribution in [0.1, 0.15) is 14.8 Å². The molecule has 1 saturated heterocycles. The minimum Gasteiger partial charge on any atom is -0.492 e. The Balaban J connectivity index is 1.18. The Kier molecular flexibility index (Phi) is 7.02. The number of carbonyl (C=O) groups excluding carboxylic acids is 1. The Hall–Kier alpha value is -2.81. The molecule has 2 aromatic carbocycles. The van der Waals surface area contributed by atoms with Crippen molar-refractivity contribution in [2.24, 2.45) is 0 Å². The van der Waals surface area contributed by atoms with Gasteiger partial charge in [0.15, 0.2) is 0 Å². The van der Waals surface area contributed by atoms with Crippen molar-refractivity contribution in [3.05, 3.63) is 70.7 Å². The monoisotopic (exact) mass is 423 g/mol. The topological polar surface area (TPSA) is 70.6 Å². The van der Waals surface area contributed by atoms with Crippen LogP contribution in [0.15, 0.2) is 60.7 Å². The molecule has 0 bridgehead atoms. The highest BCUT2D eigenvalue weighted by molar-refractivity contribution is 7.13. The summed E-state index contributed by atoms with van der Waals surface area (Å²) in [5, 5.41) is 12.4. The summed E-state index contributed by atoms with van der Waals surface area (Å²) in [5.74, 6) is 0.702. The molecule has 2 heterocycles. The minimum atomic E-state index is -0.215. The first-order valence-corrected chi connectivity index (χ1v) is 10.9. The van der Waals surface area contributed by atoms with E-state index in [2.05, 4.69) is 25.3 Å². The quantitative estimate of drug-likeness (QED) is 0.601. The Bertz CT molecular complexity index is 927. The first-order valence-electron chi connectivity index (χ1n) is 10.1. The molecule has 3 aromatic rings. The molecule has 0 radical (unpaired) electrons. The van der Waals surface area contributed by atoms with Gasteiger partial charge in [-0.25, -0.2) is 0 Å². The highest BCUT2D eigenvalue weighted by Gasteiger charge is 2.19. The lowest BCUT2D eigenvalue weighted by molar-refractivity contribution is 0.102. The van der Waals surface area contributed by atoms with E-state index in [1.54, 1.807) is 0 Å². The Labute approximate surface area is 180 Å². The van der Waals surface area contributed by atoms with Gasteiger partial charge in [0.25, 0.3) is 5.91 Å². The summed E-state index contributed by atoms with van der Waals surface area (Å²) in [4.78, 5) is 17.1. The van der Waals surface area contributed by atoms with Gasteiger partial charge in [0.2, 0.25) is 5.01 Å². The van der Waals surface area contributed by atoms with Gasteiger partial charge in [-0.15, -0.1) is 10.2 Å². The number of para-hydroxylation sites is 2. The van der Waals surface area contributed by atoms with Crippen LogP contribution >= 0.6 is 11.3 Å². The van der Waals surface area contributed by atoms with Gasteiger partial charge in [-0.3, -0.25) is 14.6 Å². The van der Waals surface area contributed by atoms with Crippen molar-refractivity contribution in [1.82, 2.24) is 20.0 Å². The Morgan fingerprint density at radius 1 is 0.933 bits per heavy atom. The zero-order valence-electron chi connectivity index (χ0n) is 16.7. The van der Waals surface area contributed by atoms with Crippen LogP contribution in [-0.4, -0.2) is 65.2 Å². The summed E-state index contributed by atoms with van der Waals surface area (Å²) in [6.45, 7) is 6.28. The third-order valence-electron chi connectivity index (χ3n) is 4.94. The summed E-state index contributed by atoms with van der Waals surface area (Å²) >= 11 is 1.36. The zero-order valence-corrected chi connectivity index (χ0v) is 17.6. The molecule has 1 aliphatic heterocycles. The van der Waals surface area contributed by atoms with Crippen molar-refractivity contribution in [1.29, 1.82) is 0 Å². The van der Waals surface area contributed by atoms with E-state index in [1.807, 2.05) is 60.7 Å². The fourth-order valence-electron chi connectivity index (χ4n) is 3.29. The second kappa shape index (κ2) is 10.3. The van der Waals surface area contributed by atoms with Crippen molar-refractivity contribution in [2.45, 2.75) is 6.54 Å². The van der Waals surface area contributed by atoms with Crippen LogP contribution < -0.4 is 10.1 Å². The molecule has 4 rings (SSSR count).